The van der Waals surface area contributed by atoms with Crippen LogP contribution in [0, 0.1) is 5.92 Å². The lowest BCUT2D eigenvalue weighted by molar-refractivity contribution is 0.0512. The van der Waals surface area contributed by atoms with Gasteiger partial charge >= 0.3 is 0 Å². The largest absolute Gasteiger partial charge is 0.491 e. The number of fused-ring (bicyclic) bond motifs is 1. The minimum Gasteiger partial charge on any atom is -0.491 e. The second-order valence-corrected chi connectivity index (χ2v) is 8.41. The summed E-state index contributed by atoms with van der Waals surface area (Å²) in [6.07, 6.45) is 3.15. The van der Waals surface area contributed by atoms with Crippen LogP contribution >= 0.6 is 11.6 Å². The predicted octanol–water partition coefficient (Wildman–Crippen LogP) is 4.54. The fourth-order valence-electron chi connectivity index (χ4n) is 3.86. The first-order valence-electron chi connectivity index (χ1n) is 10.9. The van der Waals surface area contributed by atoms with Crippen molar-refractivity contribution in [2.75, 3.05) is 26.2 Å². The van der Waals surface area contributed by atoms with E-state index in [0.717, 1.165) is 12.8 Å². The van der Waals surface area contributed by atoms with Gasteiger partial charge in [-0.3, -0.25) is 9.59 Å². The highest BCUT2D eigenvalue weighted by Gasteiger charge is 2.30. The molecule has 0 unspecified atom stereocenters. The molecule has 1 aromatic carbocycles. The number of para-hydroxylation sites is 1. The van der Waals surface area contributed by atoms with Crippen LogP contribution in [0.1, 0.15) is 54.3 Å². The van der Waals surface area contributed by atoms with Gasteiger partial charge in [-0.25, -0.2) is 4.98 Å². The first kappa shape index (κ1) is 23.1. The van der Waals surface area contributed by atoms with E-state index in [-0.39, 0.29) is 35.5 Å². The molecule has 0 radical (unpaired) electrons. The fraction of sp³-hybridized carbons (Fsp3) is 0.458. The van der Waals surface area contributed by atoms with Gasteiger partial charge in [-0.05, 0) is 49.9 Å². The van der Waals surface area contributed by atoms with Crippen molar-refractivity contribution in [3.63, 3.8) is 0 Å². The smallest absolute Gasteiger partial charge is 0.257 e. The van der Waals surface area contributed by atoms with Gasteiger partial charge < -0.3 is 14.5 Å². The Balaban J connectivity index is 1.96. The lowest BCUT2D eigenvalue weighted by Gasteiger charge is -2.35. The summed E-state index contributed by atoms with van der Waals surface area (Å²) in [7, 11) is 0. The molecular formula is C24H30ClN3O3. The number of rotatable bonds is 3. The quantitative estimate of drug-likeness (QED) is 0.653. The molecule has 1 aliphatic rings. The molecule has 0 fully saturated rings. The van der Waals surface area contributed by atoms with Crippen molar-refractivity contribution in [1.29, 1.82) is 0 Å². The Hall–Kier alpha value is -2.60. The van der Waals surface area contributed by atoms with E-state index in [1.165, 1.54) is 0 Å². The number of hydrogen-bond acceptors (Lipinski definition) is 4. The molecule has 166 valence electrons. The van der Waals surface area contributed by atoms with Crippen molar-refractivity contribution in [3.8, 4) is 5.75 Å². The molecule has 0 aliphatic carbocycles. The van der Waals surface area contributed by atoms with Gasteiger partial charge in [0.15, 0.2) is 0 Å². The highest BCUT2D eigenvalue weighted by Crippen LogP contribution is 2.25. The maximum Gasteiger partial charge on any atom is 0.257 e. The van der Waals surface area contributed by atoms with Crippen molar-refractivity contribution in [2.45, 2.75) is 39.7 Å². The molecular weight excluding hydrogens is 414 g/mol. The van der Waals surface area contributed by atoms with Gasteiger partial charge in [0.25, 0.3) is 11.8 Å². The van der Waals surface area contributed by atoms with Crippen LogP contribution in [-0.2, 0) is 0 Å². The predicted molar refractivity (Wildman–Crippen MR) is 122 cm³/mol. The standard InChI is InChI=1S/C24H30ClN3O3/c1-4-27-14-7-8-15-28(24(30)19-11-9-13-26-22(19)25)20(17(2)3)16-31-21-12-6-5-10-18(21)23(27)29/h5-6,9-13,17,20H,4,7-8,14-16H2,1-3H3/t20-/m1/s1. The highest BCUT2D eigenvalue weighted by atomic mass is 35.5. The minimum atomic E-state index is -0.173. The summed E-state index contributed by atoms with van der Waals surface area (Å²) in [5, 5.41) is 0.204. The van der Waals surface area contributed by atoms with Crippen LogP contribution < -0.4 is 4.74 Å². The van der Waals surface area contributed by atoms with Crippen LogP contribution in [0.3, 0.4) is 0 Å². The van der Waals surface area contributed by atoms with E-state index < -0.39 is 0 Å². The van der Waals surface area contributed by atoms with E-state index in [9.17, 15) is 9.59 Å². The van der Waals surface area contributed by atoms with Crippen LogP contribution in [0.4, 0.5) is 0 Å². The van der Waals surface area contributed by atoms with Crippen molar-refractivity contribution in [2.24, 2.45) is 5.92 Å². The number of hydrogen-bond donors (Lipinski definition) is 0. The third-order valence-corrected chi connectivity index (χ3v) is 5.99. The maximum absolute atomic E-state index is 13.5. The molecule has 0 N–H and O–H groups in total. The van der Waals surface area contributed by atoms with Gasteiger partial charge in [0.1, 0.15) is 17.5 Å². The second-order valence-electron chi connectivity index (χ2n) is 8.05. The summed E-state index contributed by atoms with van der Waals surface area (Å²) in [5.41, 5.74) is 0.952. The summed E-state index contributed by atoms with van der Waals surface area (Å²) in [4.78, 5) is 34.3. The van der Waals surface area contributed by atoms with Crippen LogP contribution in [0.15, 0.2) is 42.6 Å². The first-order chi connectivity index (χ1) is 14.9. The zero-order valence-corrected chi connectivity index (χ0v) is 19.1. The molecule has 0 bridgehead atoms. The number of nitrogens with zero attached hydrogens (tertiary/aromatic N) is 3. The Morgan fingerprint density at radius 3 is 2.65 bits per heavy atom. The van der Waals surface area contributed by atoms with E-state index in [0.29, 0.717) is 36.5 Å². The molecule has 3 rings (SSSR count). The Bertz CT molecular complexity index is 918. The molecule has 2 heterocycles. The fourth-order valence-corrected chi connectivity index (χ4v) is 4.06. The first-order valence-corrected chi connectivity index (χ1v) is 11.2. The number of halogens is 1. The van der Waals surface area contributed by atoms with Crippen molar-refractivity contribution in [1.82, 2.24) is 14.8 Å². The SMILES string of the molecule is CCN1CCCCN(C(=O)c2cccnc2Cl)[C@@H](C(C)C)COc2ccccc2C1=O. The van der Waals surface area contributed by atoms with Crippen LogP contribution in [-0.4, -0.2) is 58.9 Å². The summed E-state index contributed by atoms with van der Waals surface area (Å²) in [6.45, 7) is 8.22. The lowest BCUT2D eigenvalue weighted by atomic mass is 10.0. The number of aromatic nitrogens is 1. The third kappa shape index (κ3) is 5.37. The molecule has 2 aromatic rings. The summed E-state index contributed by atoms with van der Waals surface area (Å²) in [5.74, 6) is 0.533. The Labute approximate surface area is 189 Å². The Morgan fingerprint density at radius 1 is 1.19 bits per heavy atom. The van der Waals surface area contributed by atoms with Crippen LogP contribution in [0.5, 0.6) is 5.75 Å². The molecule has 0 spiro atoms. The second kappa shape index (κ2) is 10.6. The lowest BCUT2D eigenvalue weighted by Crippen LogP contribution is -2.47. The molecule has 31 heavy (non-hydrogen) atoms. The van der Waals surface area contributed by atoms with Gasteiger partial charge in [0, 0.05) is 25.8 Å². The van der Waals surface area contributed by atoms with Crippen molar-refractivity contribution >= 4 is 23.4 Å². The van der Waals surface area contributed by atoms with Crippen LogP contribution in [0.25, 0.3) is 0 Å². The van der Waals surface area contributed by atoms with Gasteiger partial charge in [0.2, 0.25) is 0 Å². The summed E-state index contributed by atoms with van der Waals surface area (Å²) >= 11 is 6.23. The van der Waals surface area contributed by atoms with E-state index in [1.54, 1.807) is 24.4 Å². The molecule has 0 saturated carbocycles. The molecule has 2 amide bonds. The molecule has 1 aliphatic heterocycles. The van der Waals surface area contributed by atoms with Gasteiger partial charge in [-0.2, -0.15) is 0 Å². The van der Waals surface area contributed by atoms with E-state index in [2.05, 4.69) is 18.8 Å². The van der Waals surface area contributed by atoms with Crippen molar-refractivity contribution in [3.05, 3.63) is 58.9 Å². The zero-order valence-electron chi connectivity index (χ0n) is 18.4. The minimum absolute atomic E-state index is 0.0187. The average Bonchev–Trinajstić information content (AvgIpc) is 2.76. The topological polar surface area (TPSA) is 62.7 Å². The third-order valence-electron chi connectivity index (χ3n) is 5.69. The van der Waals surface area contributed by atoms with E-state index in [1.807, 2.05) is 34.9 Å². The highest BCUT2D eigenvalue weighted by molar-refractivity contribution is 6.32. The van der Waals surface area contributed by atoms with E-state index in [4.69, 9.17) is 16.3 Å². The molecule has 6 nitrogen and oxygen atoms in total. The van der Waals surface area contributed by atoms with E-state index >= 15 is 0 Å². The molecule has 0 saturated heterocycles. The normalized spacial score (nSPS) is 18.1. The van der Waals surface area contributed by atoms with Crippen molar-refractivity contribution < 1.29 is 14.3 Å². The Kier molecular flexibility index (Phi) is 7.91. The molecule has 1 atom stereocenters. The molecule has 1 aromatic heterocycles. The van der Waals surface area contributed by atoms with Crippen LogP contribution in [0.2, 0.25) is 5.15 Å². The zero-order chi connectivity index (χ0) is 22.4. The number of benzene rings is 1. The number of carbonyl (C=O) groups is 2. The number of carbonyl (C=O) groups excluding carboxylic acids is 2. The van der Waals surface area contributed by atoms with Gasteiger partial charge in [0.05, 0.1) is 17.2 Å². The average molecular weight is 444 g/mol. The molecule has 7 heteroatoms. The summed E-state index contributed by atoms with van der Waals surface area (Å²) < 4.78 is 6.15. The van der Waals surface area contributed by atoms with Gasteiger partial charge in [-0.15, -0.1) is 0 Å². The monoisotopic (exact) mass is 443 g/mol. The maximum atomic E-state index is 13.5. The number of amides is 2. The summed E-state index contributed by atoms with van der Waals surface area (Å²) in [6, 6.07) is 10.6. The van der Waals surface area contributed by atoms with Gasteiger partial charge in [-0.1, -0.05) is 37.6 Å². The Morgan fingerprint density at radius 2 is 1.94 bits per heavy atom. The number of ether oxygens (including phenoxy) is 1. The number of pyridine rings is 1.